The molecule has 0 saturated carbocycles. The zero-order valence-corrected chi connectivity index (χ0v) is 27.0. The maximum atomic E-state index is 15.1. The maximum Gasteiger partial charge on any atom is 0.410 e. The van der Waals surface area contributed by atoms with Crippen LogP contribution in [0.3, 0.4) is 0 Å². The molecule has 1 fully saturated rings. The van der Waals surface area contributed by atoms with Crippen molar-refractivity contribution in [2.45, 2.75) is 59.1 Å². The highest BCUT2D eigenvalue weighted by Crippen LogP contribution is 2.39. The van der Waals surface area contributed by atoms with Gasteiger partial charge in [-0.25, -0.2) is 23.5 Å². The third-order valence-corrected chi connectivity index (χ3v) is 8.03. The summed E-state index contributed by atoms with van der Waals surface area (Å²) in [6.07, 6.45) is 1.24. The summed E-state index contributed by atoms with van der Waals surface area (Å²) in [4.78, 5) is 39.9. The molecule has 1 atom stereocenters. The fourth-order valence-corrected chi connectivity index (χ4v) is 5.93. The number of aromatic nitrogens is 3. The number of anilines is 1. The number of phenolic OH excluding ortho intramolecular Hbond substituents is 1. The van der Waals surface area contributed by atoms with E-state index >= 15 is 4.39 Å². The van der Waals surface area contributed by atoms with Gasteiger partial charge in [-0.1, -0.05) is 62.4 Å². The van der Waals surface area contributed by atoms with Crippen LogP contribution in [0.15, 0.2) is 53.8 Å². The molecule has 1 aliphatic rings. The lowest BCUT2D eigenvalue weighted by Gasteiger charge is -2.41. The van der Waals surface area contributed by atoms with Gasteiger partial charge in [0.05, 0.1) is 27.4 Å². The first-order chi connectivity index (χ1) is 21.2. The van der Waals surface area contributed by atoms with Crippen molar-refractivity contribution in [1.29, 1.82) is 0 Å². The van der Waals surface area contributed by atoms with Crippen LogP contribution in [0.5, 0.6) is 5.75 Å². The lowest BCUT2D eigenvalue weighted by Crippen LogP contribution is -2.55. The molecule has 4 aromatic rings. The quantitative estimate of drug-likeness (QED) is 0.249. The Labute approximate surface area is 266 Å². The van der Waals surface area contributed by atoms with Crippen molar-refractivity contribution in [1.82, 2.24) is 19.4 Å². The first-order valence-corrected chi connectivity index (χ1v) is 15.2. The molecule has 0 radical (unpaired) electrons. The third kappa shape index (κ3) is 6.11. The second-order valence-electron chi connectivity index (χ2n) is 12.5. The molecule has 2 aromatic heterocycles. The van der Waals surface area contributed by atoms with Crippen LogP contribution in [0, 0.1) is 5.82 Å². The van der Waals surface area contributed by atoms with E-state index in [0.717, 1.165) is 5.56 Å². The summed E-state index contributed by atoms with van der Waals surface area (Å²) in [5, 5.41) is 11.1. The van der Waals surface area contributed by atoms with Crippen molar-refractivity contribution >= 4 is 40.6 Å². The number of aromatic hydroxyl groups is 1. The molecule has 236 valence electrons. The molecule has 9 nitrogen and oxygen atoms in total. The van der Waals surface area contributed by atoms with Crippen molar-refractivity contribution < 1.29 is 19.0 Å². The largest absolute Gasteiger partial charge is 0.507 e. The van der Waals surface area contributed by atoms with Gasteiger partial charge in [0.1, 0.15) is 23.0 Å². The molecular weight excluding hydrogens is 597 g/mol. The van der Waals surface area contributed by atoms with Gasteiger partial charge >= 0.3 is 11.8 Å². The Bertz CT molecular complexity index is 1850. The highest BCUT2D eigenvalue weighted by Gasteiger charge is 2.33. The van der Waals surface area contributed by atoms with Crippen molar-refractivity contribution in [2.24, 2.45) is 0 Å². The van der Waals surface area contributed by atoms with Crippen LogP contribution in [0.1, 0.15) is 58.6 Å². The van der Waals surface area contributed by atoms with Crippen LogP contribution >= 0.6 is 11.6 Å². The highest BCUT2D eigenvalue weighted by molar-refractivity contribution is 6.34. The van der Waals surface area contributed by atoms with Crippen molar-refractivity contribution in [3.8, 4) is 22.7 Å². The number of para-hydroxylation sites is 1. The van der Waals surface area contributed by atoms with Crippen molar-refractivity contribution in [2.75, 3.05) is 24.5 Å². The van der Waals surface area contributed by atoms with Crippen LogP contribution in [0.4, 0.5) is 15.0 Å². The minimum absolute atomic E-state index is 0.0184. The number of carbonyl (C=O) groups is 1. The fourth-order valence-electron chi connectivity index (χ4n) is 5.68. The number of amides is 1. The summed E-state index contributed by atoms with van der Waals surface area (Å²) in [5.74, 6) is -0.699. The molecule has 1 aliphatic heterocycles. The zero-order valence-electron chi connectivity index (χ0n) is 26.3. The van der Waals surface area contributed by atoms with E-state index in [-0.39, 0.29) is 39.6 Å². The Morgan fingerprint density at radius 3 is 2.51 bits per heavy atom. The number of halogens is 2. The molecule has 1 amide bonds. The van der Waals surface area contributed by atoms with Gasteiger partial charge in [-0.05, 0) is 62.9 Å². The maximum absolute atomic E-state index is 15.1. The number of phenols is 1. The number of fused-ring (bicyclic) bond motifs is 1. The molecule has 5 rings (SSSR count). The first kappa shape index (κ1) is 32.0. The van der Waals surface area contributed by atoms with Crippen LogP contribution < -0.4 is 10.6 Å². The Balaban J connectivity index is 1.76. The van der Waals surface area contributed by atoms with E-state index in [1.54, 1.807) is 17.0 Å². The van der Waals surface area contributed by atoms with E-state index < -0.39 is 23.2 Å². The molecule has 45 heavy (non-hydrogen) atoms. The summed E-state index contributed by atoms with van der Waals surface area (Å²) in [6.45, 7) is 16.4. The van der Waals surface area contributed by atoms with Gasteiger partial charge in [-0.3, -0.25) is 0 Å². The van der Waals surface area contributed by atoms with Crippen molar-refractivity contribution in [3.63, 3.8) is 0 Å². The summed E-state index contributed by atoms with van der Waals surface area (Å²) in [7, 11) is 0. The molecule has 0 unspecified atom stereocenters. The third-order valence-electron chi connectivity index (χ3n) is 7.75. The molecule has 0 bridgehead atoms. The average molecular weight is 634 g/mol. The summed E-state index contributed by atoms with van der Waals surface area (Å²) >= 11 is 6.77. The second-order valence-corrected chi connectivity index (χ2v) is 12.9. The molecule has 0 spiro atoms. The smallest absolute Gasteiger partial charge is 0.410 e. The van der Waals surface area contributed by atoms with Crippen molar-refractivity contribution in [3.05, 3.63) is 81.5 Å². The normalized spacial score (nSPS) is 15.5. The Kier molecular flexibility index (Phi) is 8.64. The summed E-state index contributed by atoms with van der Waals surface area (Å²) < 4.78 is 22.1. The van der Waals surface area contributed by atoms with Crippen LogP contribution in [-0.4, -0.2) is 61.9 Å². The predicted molar refractivity (Wildman–Crippen MR) is 176 cm³/mol. The number of rotatable bonds is 5. The number of benzene rings is 2. The molecule has 3 heterocycles. The fraction of sp³-hybridized carbons (Fsp3) is 0.353. The number of hydrogen-bond acceptors (Lipinski definition) is 7. The zero-order chi connectivity index (χ0) is 32.8. The van der Waals surface area contributed by atoms with Gasteiger partial charge in [0.25, 0.3) is 0 Å². The van der Waals surface area contributed by atoms with E-state index in [0.29, 0.717) is 42.1 Å². The molecule has 2 aromatic carbocycles. The minimum atomic E-state index is -0.715. The SMILES string of the molecule is C=Cc1cccc(C(C)C)c1-n1c(=O)nc(N2CCN(C(=O)OC(C)(C)C)C[C@@H]2C)c2cc(Cl)c(-c3c(O)cccc3F)nc21. The number of carbonyl (C=O) groups excluding carboxylic acids is 1. The summed E-state index contributed by atoms with van der Waals surface area (Å²) in [5.41, 5.74) is 0.847. The van der Waals surface area contributed by atoms with Crippen LogP contribution in [0.2, 0.25) is 5.02 Å². The van der Waals surface area contributed by atoms with Gasteiger partial charge in [0, 0.05) is 25.7 Å². The molecular formula is C34H37ClFN5O4. The number of ether oxygens (including phenoxy) is 1. The Morgan fingerprint density at radius 2 is 1.89 bits per heavy atom. The van der Waals surface area contributed by atoms with Gasteiger partial charge in [-0.2, -0.15) is 4.98 Å². The van der Waals surface area contributed by atoms with E-state index in [9.17, 15) is 14.7 Å². The first-order valence-electron chi connectivity index (χ1n) is 14.8. The van der Waals surface area contributed by atoms with Crippen LogP contribution in [0.25, 0.3) is 34.1 Å². The lowest BCUT2D eigenvalue weighted by molar-refractivity contribution is 0.0218. The Hall–Kier alpha value is -4.44. The lowest BCUT2D eigenvalue weighted by atomic mass is 9.97. The molecule has 1 N–H and O–H groups in total. The highest BCUT2D eigenvalue weighted by atomic mass is 35.5. The van der Waals surface area contributed by atoms with E-state index in [2.05, 4.69) is 11.6 Å². The monoisotopic (exact) mass is 633 g/mol. The van der Waals surface area contributed by atoms with E-state index in [1.165, 1.54) is 22.8 Å². The number of nitrogens with zero attached hydrogens (tertiary/aromatic N) is 5. The van der Waals surface area contributed by atoms with Gasteiger partial charge in [-0.15, -0.1) is 0 Å². The minimum Gasteiger partial charge on any atom is -0.507 e. The van der Waals surface area contributed by atoms with Gasteiger partial charge < -0.3 is 19.6 Å². The van der Waals surface area contributed by atoms with Gasteiger partial charge in [0.2, 0.25) is 0 Å². The molecule has 1 saturated heterocycles. The van der Waals surface area contributed by atoms with Crippen LogP contribution in [-0.2, 0) is 4.74 Å². The molecule has 11 heteroatoms. The summed E-state index contributed by atoms with van der Waals surface area (Å²) in [6, 6.07) is 11.0. The van der Waals surface area contributed by atoms with Gasteiger partial charge in [0.15, 0.2) is 5.65 Å². The number of hydrogen-bond donors (Lipinski definition) is 1. The van der Waals surface area contributed by atoms with E-state index in [4.69, 9.17) is 21.3 Å². The number of pyridine rings is 1. The standard InChI is InChI=1S/C34H37ClFN5O4/c1-8-21-11-9-12-22(19(2)3)29(21)41-31-23(17-24(35)28(37-31)27-25(36)13-10-14-26(27)42)30(38-32(41)43)40-16-15-39(18-20(40)4)33(44)45-34(5,6)7/h8-14,17,19-20,42H,1,15-16,18H2,2-7H3/t20-/m0/s1. The number of piperazine rings is 1. The molecule has 0 aliphatic carbocycles. The van der Waals surface area contributed by atoms with E-state index in [1.807, 2.05) is 64.6 Å². The predicted octanol–water partition coefficient (Wildman–Crippen LogP) is 7.16. The topological polar surface area (TPSA) is 101 Å². The Morgan fingerprint density at radius 1 is 1.18 bits per heavy atom. The second kappa shape index (κ2) is 12.2. The average Bonchev–Trinajstić information content (AvgIpc) is 2.96.